The summed E-state index contributed by atoms with van der Waals surface area (Å²) in [5.41, 5.74) is -0.0171. The molecule has 0 atom stereocenters. The van der Waals surface area contributed by atoms with Gasteiger partial charge in [0.2, 0.25) is 0 Å². The second-order valence-corrected chi connectivity index (χ2v) is 7.23. The fraction of sp³-hybridized carbons (Fsp3) is 0.882. The molecule has 1 aliphatic heterocycles. The highest BCUT2D eigenvalue weighted by atomic mass is 16.4. The van der Waals surface area contributed by atoms with E-state index in [4.69, 9.17) is 5.11 Å². The van der Waals surface area contributed by atoms with Gasteiger partial charge in [-0.05, 0) is 44.1 Å². The van der Waals surface area contributed by atoms with E-state index in [9.17, 15) is 14.7 Å². The van der Waals surface area contributed by atoms with Gasteiger partial charge in [-0.1, -0.05) is 13.8 Å². The van der Waals surface area contributed by atoms with E-state index in [0.717, 1.165) is 32.1 Å². The van der Waals surface area contributed by atoms with Gasteiger partial charge in [0, 0.05) is 31.8 Å². The fourth-order valence-corrected chi connectivity index (χ4v) is 3.75. The Morgan fingerprint density at radius 1 is 1.25 bits per heavy atom. The Kier molecular flexibility index (Phi) is 6.46. The van der Waals surface area contributed by atoms with E-state index in [1.165, 1.54) is 0 Å². The van der Waals surface area contributed by atoms with Gasteiger partial charge < -0.3 is 20.4 Å². The number of likely N-dealkylation sites (N-methyl/N-ethyl adjacent to an activating group) is 1. The first-order valence-electron chi connectivity index (χ1n) is 9.05. The predicted molar refractivity (Wildman–Crippen MR) is 90.8 cm³/mol. The maximum absolute atomic E-state index is 12.4. The molecule has 0 bridgehead atoms. The quantitative estimate of drug-likeness (QED) is 0.645. The molecule has 7 heteroatoms. The number of carbonyl (C=O) groups is 2. The molecule has 1 saturated heterocycles. The molecule has 2 aliphatic rings. The van der Waals surface area contributed by atoms with Crippen LogP contribution in [-0.4, -0.2) is 76.9 Å². The summed E-state index contributed by atoms with van der Waals surface area (Å²) in [6.45, 7) is 6.41. The molecule has 3 N–H and O–H groups in total. The minimum Gasteiger partial charge on any atom is -0.480 e. The first-order chi connectivity index (χ1) is 11.4. The molecule has 138 valence electrons. The molecule has 24 heavy (non-hydrogen) atoms. The van der Waals surface area contributed by atoms with Crippen molar-refractivity contribution in [3.05, 3.63) is 0 Å². The number of rotatable bonds is 7. The van der Waals surface area contributed by atoms with Gasteiger partial charge in [-0.2, -0.15) is 0 Å². The monoisotopic (exact) mass is 341 g/mol. The summed E-state index contributed by atoms with van der Waals surface area (Å²) in [6.07, 6.45) is 4.28. The Hall–Kier alpha value is -1.34. The number of aliphatic hydroxyl groups is 1. The Morgan fingerprint density at radius 3 is 2.33 bits per heavy atom. The zero-order valence-electron chi connectivity index (χ0n) is 14.8. The van der Waals surface area contributed by atoms with E-state index in [1.807, 2.05) is 16.7 Å². The van der Waals surface area contributed by atoms with Gasteiger partial charge in [0.25, 0.3) is 0 Å². The number of aliphatic carboxylic acids is 1. The van der Waals surface area contributed by atoms with E-state index in [1.54, 1.807) is 0 Å². The lowest BCUT2D eigenvalue weighted by molar-refractivity contribution is -0.139. The molecule has 7 nitrogen and oxygen atoms in total. The lowest BCUT2D eigenvalue weighted by Crippen LogP contribution is -2.58. The van der Waals surface area contributed by atoms with E-state index in [2.05, 4.69) is 12.2 Å². The third-order valence-corrected chi connectivity index (χ3v) is 5.90. The van der Waals surface area contributed by atoms with Gasteiger partial charge in [-0.15, -0.1) is 0 Å². The van der Waals surface area contributed by atoms with Crippen LogP contribution in [-0.2, 0) is 4.79 Å². The minimum atomic E-state index is -0.805. The van der Waals surface area contributed by atoms with Gasteiger partial charge in [0.05, 0.1) is 6.54 Å². The zero-order valence-corrected chi connectivity index (χ0v) is 14.8. The number of carboxylic acids is 1. The second kappa shape index (κ2) is 8.16. The minimum absolute atomic E-state index is 0.0171. The van der Waals surface area contributed by atoms with Crippen molar-refractivity contribution in [2.75, 3.05) is 32.8 Å². The van der Waals surface area contributed by atoms with E-state index < -0.39 is 5.97 Å². The Balaban J connectivity index is 1.72. The average molecular weight is 341 g/mol. The molecule has 1 saturated carbocycles. The van der Waals surface area contributed by atoms with Crippen molar-refractivity contribution in [1.29, 1.82) is 0 Å². The fourth-order valence-electron chi connectivity index (χ4n) is 3.75. The molecule has 0 unspecified atom stereocenters. The van der Waals surface area contributed by atoms with Gasteiger partial charge in [0.1, 0.15) is 0 Å². The molecule has 2 fully saturated rings. The number of aliphatic hydroxyl groups excluding tert-OH is 1. The van der Waals surface area contributed by atoms with Crippen LogP contribution in [0.15, 0.2) is 0 Å². The Labute approximate surface area is 144 Å². The molecule has 1 heterocycles. The molecular weight excluding hydrogens is 310 g/mol. The largest absolute Gasteiger partial charge is 0.480 e. The number of amides is 2. The van der Waals surface area contributed by atoms with Crippen molar-refractivity contribution in [1.82, 2.24) is 15.1 Å². The van der Waals surface area contributed by atoms with Gasteiger partial charge in [0.15, 0.2) is 0 Å². The molecule has 0 aromatic heterocycles. The van der Waals surface area contributed by atoms with Crippen LogP contribution in [0.1, 0.15) is 46.0 Å². The van der Waals surface area contributed by atoms with Crippen molar-refractivity contribution >= 4 is 12.0 Å². The normalized spacial score (nSPS) is 26.1. The Bertz CT molecular complexity index is 437. The summed E-state index contributed by atoms with van der Waals surface area (Å²) >= 11 is 0. The standard InChI is InChI=1S/C17H31N3O4/c1-3-17(12-21)5-7-20(8-6-17)16(24)18-13-9-14(10-13)19(4-2)11-15(22)23/h13-14,21H,3-12H2,1-2H3,(H,18,24)(H,22,23). The first kappa shape index (κ1) is 19.0. The summed E-state index contributed by atoms with van der Waals surface area (Å²) in [5, 5.41) is 21.5. The molecular formula is C17H31N3O4. The highest BCUT2D eigenvalue weighted by Crippen LogP contribution is 2.34. The third kappa shape index (κ3) is 4.39. The van der Waals surface area contributed by atoms with E-state index in [0.29, 0.717) is 19.6 Å². The highest BCUT2D eigenvalue weighted by Gasteiger charge is 2.37. The molecule has 0 radical (unpaired) electrons. The smallest absolute Gasteiger partial charge is 0.317 e. The van der Waals surface area contributed by atoms with Crippen LogP contribution < -0.4 is 5.32 Å². The van der Waals surface area contributed by atoms with Crippen LogP contribution in [0.2, 0.25) is 0 Å². The lowest BCUT2D eigenvalue weighted by Gasteiger charge is -2.44. The van der Waals surface area contributed by atoms with Crippen LogP contribution in [0.25, 0.3) is 0 Å². The number of carbonyl (C=O) groups excluding carboxylic acids is 1. The summed E-state index contributed by atoms with van der Waals surface area (Å²) < 4.78 is 0. The van der Waals surface area contributed by atoms with Crippen LogP contribution in [0.5, 0.6) is 0 Å². The molecule has 2 rings (SSSR count). The number of hydrogen-bond donors (Lipinski definition) is 3. The van der Waals surface area contributed by atoms with Crippen molar-refractivity contribution < 1.29 is 19.8 Å². The van der Waals surface area contributed by atoms with Crippen LogP contribution in [0, 0.1) is 5.41 Å². The van der Waals surface area contributed by atoms with Gasteiger partial charge in [-0.3, -0.25) is 9.69 Å². The van der Waals surface area contributed by atoms with Crippen LogP contribution >= 0.6 is 0 Å². The van der Waals surface area contributed by atoms with Crippen molar-refractivity contribution in [3.8, 4) is 0 Å². The SMILES string of the molecule is CCN(CC(=O)O)C1CC(NC(=O)N2CCC(CC)(CO)CC2)C1. The second-order valence-electron chi connectivity index (χ2n) is 7.23. The van der Waals surface area contributed by atoms with E-state index >= 15 is 0 Å². The maximum Gasteiger partial charge on any atom is 0.317 e. The predicted octanol–water partition coefficient (Wildman–Crippen LogP) is 1.12. The van der Waals surface area contributed by atoms with Crippen molar-refractivity contribution in [2.45, 2.75) is 58.0 Å². The number of nitrogens with zero attached hydrogens (tertiary/aromatic N) is 2. The molecule has 2 amide bonds. The summed E-state index contributed by atoms with van der Waals surface area (Å²) in [6, 6.07) is 0.364. The van der Waals surface area contributed by atoms with Gasteiger partial charge >= 0.3 is 12.0 Å². The molecule has 0 spiro atoms. The summed E-state index contributed by atoms with van der Waals surface area (Å²) in [7, 11) is 0. The zero-order chi connectivity index (χ0) is 17.7. The lowest BCUT2D eigenvalue weighted by atomic mass is 9.77. The Morgan fingerprint density at radius 2 is 1.88 bits per heavy atom. The maximum atomic E-state index is 12.4. The van der Waals surface area contributed by atoms with Gasteiger partial charge in [-0.25, -0.2) is 4.79 Å². The van der Waals surface area contributed by atoms with Crippen LogP contribution in [0.4, 0.5) is 4.79 Å². The van der Waals surface area contributed by atoms with Crippen LogP contribution in [0.3, 0.4) is 0 Å². The summed E-state index contributed by atoms with van der Waals surface area (Å²) in [4.78, 5) is 27.0. The topological polar surface area (TPSA) is 93.1 Å². The third-order valence-electron chi connectivity index (χ3n) is 5.90. The molecule has 1 aliphatic carbocycles. The number of likely N-dealkylation sites (tertiary alicyclic amines) is 1. The number of hydrogen-bond acceptors (Lipinski definition) is 4. The highest BCUT2D eigenvalue weighted by molar-refractivity contribution is 5.74. The number of carboxylic acid groups (broad SMARTS) is 1. The van der Waals surface area contributed by atoms with E-state index in [-0.39, 0.29) is 36.7 Å². The number of piperidine rings is 1. The first-order valence-corrected chi connectivity index (χ1v) is 9.05. The average Bonchev–Trinajstić information content (AvgIpc) is 2.55. The number of nitrogens with one attached hydrogen (secondary N) is 1. The molecule has 0 aromatic rings. The summed E-state index contributed by atoms with van der Waals surface area (Å²) in [5.74, 6) is -0.805. The molecule has 0 aromatic carbocycles. The number of urea groups is 1. The van der Waals surface area contributed by atoms with Crippen molar-refractivity contribution in [2.24, 2.45) is 5.41 Å². The van der Waals surface area contributed by atoms with Crippen molar-refractivity contribution in [3.63, 3.8) is 0 Å².